The van der Waals surface area contributed by atoms with Crippen LogP contribution in [0.15, 0.2) is 0 Å². The van der Waals surface area contributed by atoms with Crippen LogP contribution in [-0.4, -0.2) is 38.5 Å². The molecule has 0 spiro atoms. The molecule has 3 nitrogen and oxygen atoms in total. The minimum Gasteiger partial charge on any atom is -0.383 e. The molecule has 1 N–H and O–H groups in total. The molecule has 1 saturated heterocycles. The molecular weight excluding hydrogens is 202 g/mol. The highest BCUT2D eigenvalue weighted by Crippen LogP contribution is 2.24. The Morgan fingerprint density at radius 3 is 2.88 bits per heavy atom. The summed E-state index contributed by atoms with van der Waals surface area (Å²) in [5.74, 6) is 0. The summed E-state index contributed by atoms with van der Waals surface area (Å²) in [4.78, 5) is 0. The molecule has 1 heterocycles. The largest absolute Gasteiger partial charge is 0.383 e. The number of nitrogens with one attached hydrogen (secondary N) is 1. The number of ether oxygens (including phenoxy) is 2. The van der Waals surface area contributed by atoms with Gasteiger partial charge in [0.25, 0.3) is 0 Å². The average Bonchev–Trinajstić information content (AvgIpc) is 2.70. The Morgan fingerprint density at radius 1 is 1.50 bits per heavy atom. The van der Waals surface area contributed by atoms with Crippen LogP contribution >= 0.6 is 0 Å². The van der Waals surface area contributed by atoms with Crippen LogP contribution in [0.2, 0.25) is 0 Å². The van der Waals surface area contributed by atoms with E-state index in [0.29, 0.717) is 6.04 Å². The molecule has 96 valence electrons. The molecule has 1 fully saturated rings. The topological polar surface area (TPSA) is 30.5 Å². The molecule has 2 unspecified atom stereocenters. The summed E-state index contributed by atoms with van der Waals surface area (Å²) in [5.41, 5.74) is 0.0538. The summed E-state index contributed by atoms with van der Waals surface area (Å²) in [5, 5.41) is 3.59. The van der Waals surface area contributed by atoms with Gasteiger partial charge in [-0.05, 0) is 26.2 Å². The van der Waals surface area contributed by atoms with Crippen LogP contribution in [0.1, 0.15) is 46.0 Å². The fraction of sp³-hybridized carbons (Fsp3) is 1.00. The SMILES string of the molecule is CCCCC(COC)NCC1(C)CCCO1. The first-order valence-corrected chi connectivity index (χ1v) is 6.56. The number of hydrogen-bond acceptors (Lipinski definition) is 3. The molecule has 0 aromatic rings. The molecule has 0 radical (unpaired) electrons. The Bertz CT molecular complexity index is 179. The number of unbranched alkanes of at least 4 members (excludes halogenated alkanes) is 1. The van der Waals surface area contributed by atoms with E-state index in [-0.39, 0.29) is 5.60 Å². The van der Waals surface area contributed by atoms with Crippen LogP contribution in [0.3, 0.4) is 0 Å². The summed E-state index contributed by atoms with van der Waals surface area (Å²) in [6, 6.07) is 0.478. The molecule has 1 aliphatic rings. The van der Waals surface area contributed by atoms with Crippen molar-refractivity contribution in [3.8, 4) is 0 Å². The highest BCUT2D eigenvalue weighted by atomic mass is 16.5. The zero-order chi connectivity index (χ0) is 11.9. The van der Waals surface area contributed by atoms with Gasteiger partial charge in [0.2, 0.25) is 0 Å². The first-order valence-electron chi connectivity index (χ1n) is 6.56. The monoisotopic (exact) mass is 229 g/mol. The van der Waals surface area contributed by atoms with E-state index in [9.17, 15) is 0 Å². The predicted octanol–water partition coefficient (Wildman–Crippen LogP) is 2.35. The Kier molecular flexibility index (Phi) is 6.32. The van der Waals surface area contributed by atoms with Crippen molar-refractivity contribution >= 4 is 0 Å². The molecule has 16 heavy (non-hydrogen) atoms. The van der Waals surface area contributed by atoms with Crippen LogP contribution in [0.5, 0.6) is 0 Å². The molecule has 0 saturated carbocycles. The Labute approximate surface area is 99.9 Å². The molecule has 2 atom stereocenters. The van der Waals surface area contributed by atoms with Crippen LogP contribution in [-0.2, 0) is 9.47 Å². The van der Waals surface area contributed by atoms with E-state index >= 15 is 0 Å². The van der Waals surface area contributed by atoms with Gasteiger partial charge in [0, 0.05) is 26.3 Å². The van der Waals surface area contributed by atoms with E-state index in [4.69, 9.17) is 9.47 Å². The first kappa shape index (κ1) is 13.9. The molecule has 0 aromatic heterocycles. The van der Waals surface area contributed by atoms with E-state index in [0.717, 1.165) is 19.8 Å². The van der Waals surface area contributed by atoms with Crippen molar-refractivity contribution in [1.82, 2.24) is 5.32 Å². The molecule has 1 rings (SSSR count). The number of methoxy groups -OCH3 is 1. The normalized spacial score (nSPS) is 27.2. The second kappa shape index (κ2) is 7.25. The third-order valence-electron chi connectivity index (χ3n) is 3.34. The lowest BCUT2D eigenvalue weighted by molar-refractivity contribution is 0.0158. The molecule has 1 aliphatic heterocycles. The van der Waals surface area contributed by atoms with E-state index in [1.165, 1.54) is 32.1 Å². The van der Waals surface area contributed by atoms with Gasteiger partial charge < -0.3 is 14.8 Å². The van der Waals surface area contributed by atoms with Crippen molar-refractivity contribution in [2.45, 2.75) is 57.6 Å². The maximum absolute atomic E-state index is 5.77. The van der Waals surface area contributed by atoms with Crippen LogP contribution in [0.4, 0.5) is 0 Å². The second-order valence-electron chi connectivity index (χ2n) is 5.08. The lowest BCUT2D eigenvalue weighted by atomic mass is 10.0. The standard InChI is InChI=1S/C13H27NO2/c1-4-5-7-12(10-15-3)14-11-13(2)8-6-9-16-13/h12,14H,4-11H2,1-3H3. The third-order valence-corrected chi connectivity index (χ3v) is 3.34. The van der Waals surface area contributed by atoms with Gasteiger partial charge in [0.1, 0.15) is 0 Å². The summed E-state index contributed by atoms with van der Waals surface area (Å²) in [6.07, 6.45) is 6.07. The molecule has 0 aromatic carbocycles. The second-order valence-corrected chi connectivity index (χ2v) is 5.08. The third kappa shape index (κ3) is 4.81. The lowest BCUT2D eigenvalue weighted by Gasteiger charge is -2.27. The fourth-order valence-corrected chi connectivity index (χ4v) is 2.23. The molecule has 0 aliphatic carbocycles. The number of rotatable bonds is 8. The van der Waals surface area contributed by atoms with Gasteiger partial charge >= 0.3 is 0 Å². The molecular formula is C13H27NO2. The minimum absolute atomic E-state index is 0.0538. The van der Waals surface area contributed by atoms with E-state index in [2.05, 4.69) is 19.2 Å². The Balaban J connectivity index is 2.24. The van der Waals surface area contributed by atoms with E-state index in [1.54, 1.807) is 7.11 Å². The van der Waals surface area contributed by atoms with Crippen molar-refractivity contribution in [2.24, 2.45) is 0 Å². The first-order chi connectivity index (χ1) is 7.70. The summed E-state index contributed by atoms with van der Waals surface area (Å²) < 4.78 is 11.0. The van der Waals surface area contributed by atoms with Crippen molar-refractivity contribution in [1.29, 1.82) is 0 Å². The van der Waals surface area contributed by atoms with Crippen molar-refractivity contribution in [3.05, 3.63) is 0 Å². The van der Waals surface area contributed by atoms with Gasteiger partial charge in [-0.15, -0.1) is 0 Å². The van der Waals surface area contributed by atoms with E-state index in [1.807, 2.05) is 0 Å². The fourth-order valence-electron chi connectivity index (χ4n) is 2.23. The Hall–Kier alpha value is -0.120. The quantitative estimate of drug-likeness (QED) is 0.693. The zero-order valence-electron chi connectivity index (χ0n) is 11.1. The highest BCUT2D eigenvalue weighted by Gasteiger charge is 2.29. The van der Waals surface area contributed by atoms with Gasteiger partial charge in [-0.1, -0.05) is 19.8 Å². The lowest BCUT2D eigenvalue weighted by Crippen LogP contribution is -2.43. The van der Waals surface area contributed by atoms with Crippen LogP contribution in [0.25, 0.3) is 0 Å². The van der Waals surface area contributed by atoms with Gasteiger partial charge in [-0.2, -0.15) is 0 Å². The molecule has 3 heteroatoms. The van der Waals surface area contributed by atoms with E-state index < -0.39 is 0 Å². The molecule has 0 amide bonds. The van der Waals surface area contributed by atoms with Gasteiger partial charge in [0.05, 0.1) is 12.2 Å². The number of hydrogen-bond donors (Lipinski definition) is 1. The van der Waals surface area contributed by atoms with Gasteiger partial charge in [-0.3, -0.25) is 0 Å². The van der Waals surface area contributed by atoms with Crippen LogP contribution in [0, 0.1) is 0 Å². The average molecular weight is 229 g/mol. The minimum atomic E-state index is 0.0538. The van der Waals surface area contributed by atoms with Crippen molar-refractivity contribution in [3.63, 3.8) is 0 Å². The summed E-state index contributed by atoms with van der Waals surface area (Å²) in [7, 11) is 1.77. The zero-order valence-corrected chi connectivity index (χ0v) is 11.1. The maximum Gasteiger partial charge on any atom is 0.0779 e. The predicted molar refractivity (Wildman–Crippen MR) is 66.8 cm³/mol. The maximum atomic E-state index is 5.77. The molecule has 0 bridgehead atoms. The van der Waals surface area contributed by atoms with Gasteiger partial charge in [0.15, 0.2) is 0 Å². The summed E-state index contributed by atoms with van der Waals surface area (Å²) >= 11 is 0. The smallest absolute Gasteiger partial charge is 0.0779 e. The summed E-state index contributed by atoms with van der Waals surface area (Å²) in [6.45, 7) is 7.10. The highest BCUT2D eigenvalue weighted by molar-refractivity contribution is 4.84. The van der Waals surface area contributed by atoms with Crippen molar-refractivity contribution in [2.75, 3.05) is 26.9 Å². The van der Waals surface area contributed by atoms with Gasteiger partial charge in [-0.25, -0.2) is 0 Å². The Morgan fingerprint density at radius 2 is 2.31 bits per heavy atom. The van der Waals surface area contributed by atoms with Crippen molar-refractivity contribution < 1.29 is 9.47 Å². The van der Waals surface area contributed by atoms with Crippen LogP contribution < -0.4 is 5.32 Å².